The fourth-order valence-electron chi connectivity index (χ4n) is 2.61. The van der Waals surface area contributed by atoms with E-state index in [1.165, 1.54) is 13.2 Å². The Morgan fingerprint density at radius 2 is 1.73 bits per heavy atom. The van der Waals surface area contributed by atoms with E-state index in [-0.39, 0.29) is 18.3 Å². The maximum Gasteiger partial charge on any atom is 0.254 e. The minimum Gasteiger partial charge on any atom is -0.497 e. The van der Waals surface area contributed by atoms with Crippen LogP contribution in [0.25, 0.3) is 0 Å². The van der Waals surface area contributed by atoms with Crippen molar-refractivity contribution in [2.24, 2.45) is 0 Å². The summed E-state index contributed by atoms with van der Waals surface area (Å²) in [6, 6.07) is 14.2. The lowest BCUT2D eigenvalue weighted by Crippen LogP contribution is -2.46. The lowest BCUT2D eigenvalue weighted by atomic mass is 10.1. The summed E-state index contributed by atoms with van der Waals surface area (Å²) in [5.74, 6) is 0.301. The quantitative estimate of drug-likeness (QED) is 0.719. The average molecular weight is 359 g/mol. The Labute approximate surface area is 154 Å². The molecule has 2 aromatic carbocycles. The molecule has 0 aromatic heterocycles. The summed E-state index contributed by atoms with van der Waals surface area (Å²) in [6.07, 6.45) is 0.657. The molecule has 0 radical (unpaired) electrons. The van der Waals surface area contributed by atoms with Gasteiger partial charge >= 0.3 is 0 Å². The maximum atomic E-state index is 14.1. The summed E-state index contributed by atoms with van der Waals surface area (Å²) in [5, 5.41) is 0. The molecular formula is C21H26FNO3. The van der Waals surface area contributed by atoms with Crippen LogP contribution in [0.4, 0.5) is 4.39 Å². The first-order valence-electron chi connectivity index (χ1n) is 8.58. The highest BCUT2D eigenvalue weighted by atomic mass is 19.1. The van der Waals surface area contributed by atoms with Gasteiger partial charge in [-0.15, -0.1) is 0 Å². The van der Waals surface area contributed by atoms with Crippen LogP contribution in [0.1, 0.15) is 25.0 Å². The first-order chi connectivity index (χ1) is 12.4. The molecule has 5 heteroatoms. The van der Waals surface area contributed by atoms with E-state index in [0.717, 1.165) is 11.3 Å². The lowest BCUT2D eigenvalue weighted by Gasteiger charge is -2.31. The first-order valence-corrected chi connectivity index (χ1v) is 8.58. The molecule has 0 heterocycles. The molecule has 0 spiro atoms. The third-order valence-electron chi connectivity index (χ3n) is 4.46. The molecule has 0 saturated carbocycles. The zero-order valence-corrected chi connectivity index (χ0v) is 15.8. The van der Waals surface area contributed by atoms with Gasteiger partial charge < -0.3 is 14.4 Å². The molecule has 1 amide bonds. The minimum absolute atomic E-state index is 0.170. The van der Waals surface area contributed by atoms with Gasteiger partial charge in [0.15, 0.2) is 0 Å². The normalized spacial score (nSPS) is 11.3. The minimum atomic E-state index is -0.967. The van der Waals surface area contributed by atoms with Crippen molar-refractivity contribution in [1.82, 2.24) is 4.90 Å². The van der Waals surface area contributed by atoms with E-state index in [4.69, 9.17) is 9.47 Å². The van der Waals surface area contributed by atoms with Gasteiger partial charge in [-0.3, -0.25) is 4.79 Å². The Morgan fingerprint density at radius 1 is 1.08 bits per heavy atom. The molecule has 0 unspecified atom stereocenters. The van der Waals surface area contributed by atoms with Gasteiger partial charge in [0.1, 0.15) is 17.2 Å². The van der Waals surface area contributed by atoms with Gasteiger partial charge in [0.2, 0.25) is 0 Å². The summed E-state index contributed by atoms with van der Waals surface area (Å²) in [6.45, 7) is 4.11. The lowest BCUT2D eigenvalue weighted by molar-refractivity contribution is -0.151. The SMILES string of the molecule is COc1ccc(CCN(Cc2ccccc2F)C(=O)C(C)(C)OC)cc1. The zero-order chi connectivity index (χ0) is 19.2. The molecule has 0 atom stereocenters. The monoisotopic (exact) mass is 359 g/mol. The standard InChI is InChI=1S/C21H26FNO3/c1-21(2,26-4)20(24)23(15-17-7-5-6-8-19(17)22)14-13-16-9-11-18(25-3)12-10-16/h5-12H,13-15H2,1-4H3. The molecule has 2 rings (SSSR count). The van der Waals surface area contributed by atoms with Crippen molar-refractivity contribution < 1.29 is 18.7 Å². The number of hydrogen-bond donors (Lipinski definition) is 0. The van der Waals surface area contributed by atoms with Crippen molar-refractivity contribution in [2.45, 2.75) is 32.4 Å². The highest BCUT2D eigenvalue weighted by Crippen LogP contribution is 2.18. The summed E-state index contributed by atoms with van der Waals surface area (Å²) in [4.78, 5) is 14.5. The van der Waals surface area contributed by atoms with Gasteiger partial charge in [-0.05, 0) is 44.0 Å². The van der Waals surface area contributed by atoms with Gasteiger partial charge in [-0.2, -0.15) is 0 Å². The van der Waals surface area contributed by atoms with Crippen molar-refractivity contribution in [2.75, 3.05) is 20.8 Å². The van der Waals surface area contributed by atoms with Crippen molar-refractivity contribution in [3.05, 3.63) is 65.5 Å². The molecule has 0 saturated heterocycles. The smallest absolute Gasteiger partial charge is 0.254 e. The van der Waals surface area contributed by atoms with Crippen LogP contribution in [0, 0.1) is 5.82 Å². The van der Waals surface area contributed by atoms with Crippen molar-refractivity contribution in [3.63, 3.8) is 0 Å². The molecule has 140 valence electrons. The highest BCUT2D eigenvalue weighted by molar-refractivity contribution is 5.84. The summed E-state index contributed by atoms with van der Waals surface area (Å²) < 4.78 is 24.5. The summed E-state index contributed by atoms with van der Waals surface area (Å²) in [7, 11) is 3.12. The predicted octanol–water partition coefficient (Wildman–Crippen LogP) is 3.83. The molecule has 0 fully saturated rings. The third kappa shape index (κ3) is 5.05. The molecule has 4 nitrogen and oxygen atoms in total. The van der Waals surface area contributed by atoms with Crippen LogP contribution in [0.5, 0.6) is 5.75 Å². The number of methoxy groups -OCH3 is 2. The Kier molecular flexibility index (Phi) is 6.75. The number of hydrogen-bond acceptors (Lipinski definition) is 3. The van der Waals surface area contributed by atoms with Gasteiger partial charge in [0.05, 0.1) is 7.11 Å². The summed E-state index contributed by atoms with van der Waals surface area (Å²) >= 11 is 0. The Hall–Kier alpha value is -2.40. The topological polar surface area (TPSA) is 38.8 Å². The Morgan fingerprint density at radius 3 is 2.31 bits per heavy atom. The van der Waals surface area contributed by atoms with Crippen LogP contribution in [0.3, 0.4) is 0 Å². The molecule has 26 heavy (non-hydrogen) atoms. The number of ether oxygens (including phenoxy) is 2. The van der Waals surface area contributed by atoms with Crippen LogP contribution in [-0.4, -0.2) is 37.2 Å². The Bertz CT molecular complexity index is 728. The molecule has 0 bridgehead atoms. The largest absolute Gasteiger partial charge is 0.497 e. The van der Waals surface area contributed by atoms with Gasteiger partial charge in [-0.1, -0.05) is 30.3 Å². The van der Waals surface area contributed by atoms with E-state index in [0.29, 0.717) is 18.5 Å². The van der Waals surface area contributed by atoms with Crippen LogP contribution in [0.15, 0.2) is 48.5 Å². The van der Waals surface area contributed by atoms with E-state index in [1.54, 1.807) is 44.1 Å². The number of benzene rings is 2. The second kappa shape index (κ2) is 8.81. The number of nitrogens with zero attached hydrogens (tertiary/aromatic N) is 1. The van der Waals surface area contributed by atoms with E-state index in [2.05, 4.69) is 0 Å². The average Bonchev–Trinajstić information content (AvgIpc) is 2.66. The second-order valence-corrected chi connectivity index (χ2v) is 6.63. The maximum absolute atomic E-state index is 14.1. The Balaban J connectivity index is 2.16. The van der Waals surface area contributed by atoms with E-state index >= 15 is 0 Å². The fourth-order valence-corrected chi connectivity index (χ4v) is 2.61. The van der Waals surface area contributed by atoms with Crippen molar-refractivity contribution >= 4 is 5.91 Å². The second-order valence-electron chi connectivity index (χ2n) is 6.63. The fraction of sp³-hybridized carbons (Fsp3) is 0.381. The number of carbonyl (C=O) groups is 1. The third-order valence-corrected chi connectivity index (χ3v) is 4.46. The van der Waals surface area contributed by atoms with Crippen molar-refractivity contribution in [3.8, 4) is 5.75 Å². The van der Waals surface area contributed by atoms with Crippen LogP contribution < -0.4 is 4.74 Å². The zero-order valence-electron chi connectivity index (χ0n) is 15.8. The van der Waals surface area contributed by atoms with Crippen molar-refractivity contribution in [1.29, 1.82) is 0 Å². The molecule has 0 aliphatic heterocycles. The molecule has 2 aromatic rings. The van der Waals surface area contributed by atoms with Crippen LogP contribution >= 0.6 is 0 Å². The predicted molar refractivity (Wildman–Crippen MR) is 99.6 cm³/mol. The number of carbonyl (C=O) groups excluding carboxylic acids is 1. The number of amides is 1. The summed E-state index contributed by atoms with van der Waals surface area (Å²) in [5.41, 5.74) is 0.598. The van der Waals surface area contributed by atoms with Gasteiger partial charge in [-0.25, -0.2) is 4.39 Å². The van der Waals surface area contributed by atoms with E-state index in [1.807, 2.05) is 24.3 Å². The van der Waals surface area contributed by atoms with E-state index < -0.39 is 5.60 Å². The molecule has 0 aliphatic rings. The molecular weight excluding hydrogens is 333 g/mol. The van der Waals surface area contributed by atoms with Crippen LogP contribution in [0.2, 0.25) is 0 Å². The van der Waals surface area contributed by atoms with Gasteiger partial charge in [0.25, 0.3) is 5.91 Å². The number of rotatable bonds is 8. The number of halogens is 1. The highest BCUT2D eigenvalue weighted by Gasteiger charge is 2.32. The molecule has 0 aliphatic carbocycles. The van der Waals surface area contributed by atoms with Gasteiger partial charge in [0, 0.05) is 25.8 Å². The first kappa shape index (κ1) is 19.9. The van der Waals surface area contributed by atoms with E-state index in [9.17, 15) is 9.18 Å². The molecule has 0 N–H and O–H groups in total. The van der Waals surface area contributed by atoms with Crippen LogP contribution in [-0.2, 0) is 22.5 Å².